The summed E-state index contributed by atoms with van der Waals surface area (Å²) in [6.07, 6.45) is 64.3. The summed E-state index contributed by atoms with van der Waals surface area (Å²) >= 11 is 0. The van der Waals surface area contributed by atoms with Crippen LogP contribution in [-0.4, -0.2) is 146 Å². The van der Waals surface area contributed by atoms with Crippen molar-refractivity contribution >= 4 is 11.8 Å². The fraction of sp³-hybridized carbons (Fsp3) is 0.977. The van der Waals surface area contributed by atoms with Crippen LogP contribution in [-0.2, 0) is 9.59 Å². The van der Waals surface area contributed by atoms with Crippen LogP contribution in [0, 0.1) is 11.8 Å². The van der Waals surface area contributed by atoms with E-state index in [0.29, 0.717) is 70.6 Å². The molecule has 0 aliphatic rings. The van der Waals surface area contributed by atoms with Gasteiger partial charge in [-0.15, -0.1) is 0 Å². The average Bonchev–Trinajstić information content (AvgIpc) is 0.976. The normalized spacial score (nSPS) is 14.6. The van der Waals surface area contributed by atoms with Crippen LogP contribution in [0.25, 0.3) is 0 Å². The lowest BCUT2D eigenvalue weighted by atomic mass is 9.90. The molecule has 0 aliphatic carbocycles. The smallest absolute Gasteiger partial charge is 0.306 e. The summed E-state index contributed by atoms with van der Waals surface area (Å²) < 4.78 is 0. The molecule has 0 aromatic heterocycles. The number of unbranched alkanes of at least 4 members (excludes halogenated alkanes) is 44. The van der Waals surface area contributed by atoms with Gasteiger partial charge in [0.1, 0.15) is 0 Å². The summed E-state index contributed by atoms with van der Waals surface area (Å²) in [6, 6.07) is -0.655. The molecule has 0 aliphatic heterocycles. The highest BCUT2D eigenvalue weighted by Gasteiger charge is 2.32. The molecule has 580 valence electrons. The van der Waals surface area contributed by atoms with Crippen LogP contribution in [0.2, 0.25) is 0 Å². The number of rotatable bonds is 81. The zero-order chi connectivity index (χ0) is 71.3. The standard InChI is InChI=1S/C86H173N3O8/c1-8-14-20-26-32-38-44-50-60-77(7)71-87(72-79(90)62-51-45-39-33-27-21-15-9-2)68-58-56-61-78(86(96)97)70-85(95)84(89(75-82(93)65-54-48-42-36-30-24-18-12-5)76-83(94)66-55-49-43-37-31-25-19-13-6)67-57-59-69-88(73-80(91)63-52-46-40-34-28-22-16-10-3)74-81(92)64-53-47-41-35-29-23-17-11-4/h77-84,90-94H,8-76H2,1-7H3,(H,96,97). The third-order valence-corrected chi connectivity index (χ3v) is 21.5. The minimum absolute atomic E-state index is 0.0859. The summed E-state index contributed by atoms with van der Waals surface area (Å²) in [4.78, 5) is 35.5. The number of aliphatic hydroxyl groups is 5. The maximum absolute atomic E-state index is 15.3. The predicted molar refractivity (Wildman–Crippen MR) is 419 cm³/mol. The number of aliphatic carboxylic acids is 1. The largest absolute Gasteiger partial charge is 0.481 e. The molecule has 0 saturated carbocycles. The lowest BCUT2D eigenvalue weighted by molar-refractivity contribution is -0.145. The zero-order valence-electron chi connectivity index (χ0n) is 66.3. The third kappa shape index (κ3) is 64.2. The van der Waals surface area contributed by atoms with E-state index in [0.717, 1.165) is 116 Å². The van der Waals surface area contributed by atoms with Crippen LogP contribution in [0.1, 0.15) is 440 Å². The number of carboxylic acid groups (broad SMARTS) is 1. The highest BCUT2D eigenvalue weighted by molar-refractivity contribution is 5.87. The first-order valence-corrected chi connectivity index (χ1v) is 43.6. The Morgan fingerprint density at radius 1 is 0.268 bits per heavy atom. The molecule has 8 unspecified atom stereocenters. The van der Waals surface area contributed by atoms with E-state index in [1.807, 2.05) is 0 Å². The number of ketones is 1. The lowest BCUT2D eigenvalue weighted by Crippen LogP contribution is -2.49. The Morgan fingerprint density at radius 3 is 0.773 bits per heavy atom. The van der Waals surface area contributed by atoms with Crippen LogP contribution in [0.3, 0.4) is 0 Å². The van der Waals surface area contributed by atoms with Crippen molar-refractivity contribution in [2.45, 2.75) is 477 Å². The predicted octanol–water partition coefficient (Wildman–Crippen LogP) is 22.9. The fourth-order valence-electron chi connectivity index (χ4n) is 15.1. The van der Waals surface area contributed by atoms with Gasteiger partial charge in [-0.25, -0.2) is 0 Å². The van der Waals surface area contributed by atoms with Gasteiger partial charge in [0.2, 0.25) is 0 Å². The van der Waals surface area contributed by atoms with Gasteiger partial charge in [0, 0.05) is 45.7 Å². The molecule has 97 heavy (non-hydrogen) atoms. The Morgan fingerprint density at radius 2 is 0.495 bits per heavy atom. The first-order chi connectivity index (χ1) is 47.2. The molecule has 8 atom stereocenters. The molecule has 11 heteroatoms. The van der Waals surface area contributed by atoms with Gasteiger partial charge in [-0.3, -0.25) is 19.4 Å². The first-order valence-electron chi connectivity index (χ1n) is 43.6. The van der Waals surface area contributed by atoms with Crippen molar-refractivity contribution in [3.63, 3.8) is 0 Å². The number of carbonyl (C=O) groups is 2. The molecule has 0 aromatic rings. The van der Waals surface area contributed by atoms with E-state index in [4.69, 9.17) is 0 Å². The number of carbonyl (C=O) groups excluding carboxylic acids is 1. The molecule has 0 heterocycles. The van der Waals surface area contributed by atoms with Crippen molar-refractivity contribution in [2.24, 2.45) is 11.8 Å². The molecular weight excluding hydrogens is 1200 g/mol. The van der Waals surface area contributed by atoms with Gasteiger partial charge in [-0.05, 0) is 83.2 Å². The molecule has 0 amide bonds. The van der Waals surface area contributed by atoms with E-state index in [1.165, 1.54) is 244 Å². The number of nitrogens with zero attached hydrogens (tertiary/aromatic N) is 3. The molecular formula is C86H173N3O8. The fourth-order valence-corrected chi connectivity index (χ4v) is 15.1. The maximum Gasteiger partial charge on any atom is 0.306 e. The zero-order valence-corrected chi connectivity index (χ0v) is 66.3. The first kappa shape index (κ1) is 95.8. The van der Waals surface area contributed by atoms with Gasteiger partial charge in [0.15, 0.2) is 5.78 Å². The minimum Gasteiger partial charge on any atom is -0.481 e. The lowest BCUT2D eigenvalue weighted by Gasteiger charge is -2.35. The van der Waals surface area contributed by atoms with Gasteiger partial charge in [-0.2, -0.15) is 0 Å². The quantitative estimate of drug-likeness (QED) is 0.0321. The molecule has 0 rings (SSSR count). The molecule has 11 nitrogen and oxygen atoms in total. The summed E-state index contributed by atoms with van der Waals surface area (Å²) in [5.41, 5.74) is 0. The second-order valence-electron chi connectivity index (χ2n) is 31.6. The van der Waals surface area contributed by atoms with E-state index < -0.39 is 42.3 Å². The Bertz CT molecular complexity index is 1520. The number of carboxylic acids is 1. The third-order valence-electron chi connectivity index (χ3n) is 21.5. The molecule has 6 N–H and O–H groups in total. The minimum atomic E-state index is -0.938. The second-order valence-corrected chi connectivity index (χ2v) is 31.6. The van der Waals surface area contributed by atoms with E-state index >= 15 is 4.79 Å². The second kappa shape index (κ2) is 73.1. The Balaban J connectivity index is 6.75. The van der Waals surface area contributed by atoms with E-state index in [1.54, 1.807) is 0 Å². The van der Waals surface area contributed by atoms with Crippen LogP contribution in [0.5, 0.6) is 0 Å². The Hall–Kier alpha value is -1.18. The summed E-state index contributed by atoms with van der Waals surface area (Å²) in [7, 11) is 0. The van der Waals surface area contributed by atoms with Crippen molar-refractivity contribution in [1.82, 2.24) is 14.7 Å². The molecule has 0 spiro atoms. The molecule has 0 bridgehead atoms. The van der Waals surface area contributed by atoms with Gasteiger partial charge in [0.25, 0.3) is 0 Å². The van der Waals surface area contributed by atoms with Crippen LogP contribution < -0.4 is 0 Å². The van der Waals surface area contributed by atoms with Crippen molar-refractivity contribution in [1.29, 1.82) is 0 Å². The van der Waals surface area contributed by atoms with Gasteiger partial charge in [0.05, 0.1) is 42.5 Å². The van der Waals surface area contributed by atoms with Gasteiger partial charge in [-0.1, -0.05) is 370 Å². The molecule has 0 fully saturated rings. The Kier molecular flexibility index (Phi) is 72.3. The van der Waals surface area contributed by atoms with Crippen LogP contribution >= 0.6 is 0 Å². The van der Waals surface area contributed by atoms with E-state index in [9.17, 15) is 35.4 Å². The molecule has 0 aromatic carbocycles. The van der Waals surface area contributed by atoms with Gasteiger partial charge < -0.3 is 35.5 Å². The van der Waals surface area contributed by atoms with E-state index in [2.05, 4.69) is 63.2 Å². The molecule has 0 saturated heterocycles. The van der Waals surface area contributed by atoms with Crippen molar-refractivity contribution < 1.29 is 40.2 Å². The highest BCUT2D eigenvalue weighted by Crippen LogP contribution is 2.25. The summed E-state index contributed by atoms with van der Waals surface area (Å²) in [6.45, 7) is 20.5. The van der Waals surface area contributed by atoms with Crippen molar-refractivity contribution in [3.8, 4) is 0 Å². The van der Waals surface area contributed by atoms with Crippen molar-refractivity contribution in [2.75, 3.05) is 52.4 Å². The number of hydrogen-bond acceptors (Lipinski definition) is 10. The van der Waals surface area contributed by atoms with Gasteiger partial charge >= 0.3 is 5.97 Å². The molecule has 0 radical (unpaired) electrons. The Labute approximate surface area is 604 Å². The maximum atomic E-state index is 15.3. The van der Waals surface area contributed by atoms with Crippen molar-refractivity contribution in [3.05, 3.63) is 0 Å². The summed E-state index contributed by atoms with van der Waals surface area (Å²) in [5.74, 6) is -1.38. The number of aliphatic hydroxyl groups excluding tert-OH is 5. The SMILES string of the molecule is CCCCCCCCCCC(C)CN(CCCCC(CC(=O)C(CCCCN(CC(O)CCCCCCCCCC)CC(O)CCCCCCCCCC)N(CC(O)CCCCCCCCCC)CC(O)CCCCCCCCCC)C(=O)O)CC(O)CCCCCCCCCC. The van der Waals surface area contributed by atoms with Crippen LogP contribution in [0.15, 0.2) is 0 Å². The number of Topliss-reactive ketones (excluding diaryl/α,β-unsaturated/α-hetero) is 1. The average molecular weight is 1380 g/mol. The topological polar surface area (TPSA) is 165 Å². The summed E-state index contributed by atoms with van der Waals surface area (Å²) in [5, 5.41) is 69.3. The van der Waals surface area contributed by atoms with E-state index in [-0.39, 0.29) is 31.4 Å². The number of hydrogen-bond donors (Lipinski definition) is 6. The monoisotopic (exact) mass is 1380 g/mol. The van der Waals surface area contributed by atoms with Crippen LogP contribution in [0.4, 0.5) is 0 Å². The highest BCUT2D eigenvalue weighted by atomic mass is 16.4.